The zero-order valence-electron chi connectivity index (χ0n) is 15.9. The lowest BCUT2D eigenvalue weighted by atomic mass is 10.0. The van der Waals surface area contributed by atoms with Crippen molar-refractivity contribution >= 4 is 27.5 Å². The first-order valence-corrected chi connectivity index (χ1v) is 10.7. The quantitative estimate of drug-likeness (QED) is 0.557. The Kier molecular flexibility index (Phi) is 3.64. The molecule has 0 spiro atoms. The Balaban J connectivity index is 1.44. The number of hydrogen-bond acceptors (Lipinski definition) is 6. The Bertz CT molecular complexity index is 1200. The number of nitrogens with one attached hydrogen (secondary N) is 1. The summed E-state index contributed by atoms with van der Waals surface area (Å²) in [6.07, 6.45) is 4.60. The lowest BCUT2D eigenvalue weighted by Gasteiger charge is -2.33. The summed E-state index contributed by atoms with van der Waals surface area (Å²) in [6.45, 7) is 2.42. The first-order chi connectivity index (χ1) is 14.2. The Hall–Kier alpha value is -3.00. The second-order valence-corrected chi connectivity index (χ2v) is 8.74. The second kappa shape index (κ2) is 6.25. The normalized spacial score (nSPS) is 18.9. The minimum atomic E-state index is -0.330. The zero-order chi connectivity index (χ0) is 19.5. The number of imidazole rings is 1. The van der Waals surface area contributed by atoms with Crippen LogP contribution in [0.25, 0.3) is 10.2 Å². The highest BCUT2D eigenvalue weighted by Gasteiger charge is 2.39. The number of rotatable bonds is 3. The lowest BCUT2D eigenvalue weighted by Crippen LogP contribution is -2.40. The van der Waals surface area contributed by atoms with E-state index in [1.54, 1.807) is 17.7 Å². The van der Waals surface area contributed by atoms with Gasteiger partial charge >= 0.3 is 0 Å². The van der Waals surface area contributed by atoms with E-state index in [1.165, 1.54) is 0 Å². The van der Waals surface area contributed by atoms with Gasteiger partial charge in [0.25, 0.3) is 5.91 Å². The van der Waals surface area contributed by atoms with Crippen LogP contribution in [0.5, 0.6) is 0 Å². The summed E-state index contributed by atoms with van der Waals surface area (Å²) in [5.74, 6) is 1.27. The van der Waals surface area contributed by atoms with Gasteiger partial charge in [-0.3, -0.25) is 4.79 Å². The molecule has 1 saturated carbocycles. The number of aromatic amines is 1. The van der Waals surface area contributed by atoms with Crippen LogP contribution in [0.3, 0.4) is 0 Å². The second-order valence-electron chi connectivity index (χ2n) is 7.68. The summed E-state index contributed by atoms with van der Waals surface area (Å²) < 4.78 is 7.02. The molecule has 1 atom stereocenters. The number of oxazole rings is 1. The van der Waals surface area contributed by atoms with Gasteiger partial charge in [0.2, 0.25) is 5.76 Å². The van der Waals surface area contributed by atoms with Crippen LogP contribution < -0.4 is 0 Å². The molecule has 4 heterocycles. The third-order valence-electron chi connectivity index (χ3n) is 5.66. The van der Waals surface area contributed by atoms with Crippen LogP contribution in [0.4, 0.5) is 0 Å². The van der Waals surface area contributed by atoms with Gasteiger partial charge in [-0.2, -0.15) is 0 Å². The molecule has 1 amide bonds. The third-order valence-corrected chi connectivity index (χ3v) is 6.75. The van der Waals surface area contributed by atoms with E-state index in [1.807, 2.05) is 30.0 Å². The highest BCUT2D eigenvalue weighted by atomic mass is 32.1. The summed E-state index contributed by atoms with van der Waals surface area (Å²) in [4.78, 5) is 32.5. The molecule has 8 heteroatoms. The molecule has 1 aliphatic carbocycles. The summed E-state index contributed by atoms with van der Waals surface area (Å²) in [7, 11) is 0. The van der Waals surface area contributed by atoms with Crippen LogP contribution in [0.15, 0.2) is 35.0 Å². The van der Waals surface area contributed by atoms with Crippen LogP contribution in [-0.2, 0) is 6.42 Å². The molecule has 1 aromatic carbocycles. The van der Waals surface area contributed by atoms with Gasteiger partial charge < -0.3 is 14.3 Å². The van der Waals surface area contributed by atoms with Crippen LogP contribution in [-0.4, -0.2) is 37.3 Å². The third kappa shape index (κ3) is 2.70. The predicted octanol–water partition coefficient (Wildman–Crippen LogP) is 3.98. The van der Waals surface area contributed by atoms with E-state index in [0.29, 0.717) is 29.8 Å². The number of amides is 1. The smallest absolute Gasteiger partial charge is 0.292 e. The maximum atomic E-state index is 13.5. The van der Waals surface area contributed by atoms with E-state index in [2.05, 4.69) is 21.0 Å². The number of carbonyl (C=O) groups is 1. The average Bonchev–Trinajstić information content (AvgIpc) is 3.14. The molecule has 1 fully saturated rings. The van der Waals surface area contributed by atoms with E-state index in [4.69, 9.17) is 9.40 Å². The van der Waals surface area contributed by atoms with E-state index >= 15 is 0 Å². The first-order valence-electron chi connectivity index (χ1n) is 9.85. The highest BCUT2D eigenvalue weighted by Crippen LogP contribution is 2.41. The van der Waals surface area contributed by atoms with Gasteiger partial charge in [-0.25, -0.2) is 15.0 Å². The van der Waals surface area contributed by atoms with Crippen LogP contribution in [0, 0.1) is 6.92 Å². The van der Waals surface area contributed by atoms with Crippen molar-refractivity contribution in [1.29, 1.82) is 0 Å². The number of carbonyl (C=O) groups excluding carboxylic acids is 1. The number of hydrogen-bond donors (Lipinski definition) is 1. The summed E-state index contributed by atoms with van der Waals surface area (Å²) >= 11 is 1.61. The molecule has 1 aliphatic heterocycles. The van der Waals surface area contributed by atoms with Crippen molar-refractivity contribution in [3.8, 4) is 0 Å². The van der Waals surface area contributed by atoms with Gasteiger partial charge in [0.15, 0.2) is 5.89 Å². The fraction of sp³-hybridized carbons (Fsp3) is 0.333. The maximum Gasteiger partial charge on any atom is 0.292 e. The number of para-hydroxylation sites is 1. The van der Waals surface area contributed by atoms with Gasteiger partial charge in [0.1, 0.15) is 11.0 Å². The monoisotopic (exact) mass is 405 g/mol. The summed E-state index contributed by atoms with van der Waals surface area (Å²) in [5.41, 5.74) is 3.52. The molecule has 7 nitrogen and oxygen atoms in total. The molecular formula is C21H19N5O2S. The number of aromatic nitrogens is 4. The standard InChI is InChI=1S/C21H19N5O2S/c1-11-18(28-19(24-11)12-6-7-12)21(27)26-9-8-14-16(23-10-22-14)17(26)20-25-13-4-2-3-5-15(13)29-20/h2-5,10,12,17H,6-9H2,1H3,(H,22,23)/t17-/m0/s1. The van der Waals surface area contributed by atoms with Crippen molar-refractivity contribution in [2.45, 2.75) is 38.1 Å². The molecule has 0 bridgehead atoms. The molecule has 146 valence electrons. The molecule has 6 rings (SSSR count). The van der Waals surface area contributed by atoms with Gasteiger partial charge in [0, 0.05) is 24.6 Å². The fourth-order valence-electron chi connectivity index (χ4n) is 4.00. The van der Waals surface area contributed by atoms with Crippen molar-refractivity contribution in [3.05, 3.63) is 64.3 Å². The van der Waals surface area contributed by atoms with Crippen molar-refractivity contribution in [1.82, 2.24) is 24.8 Å². The highest BCUT2D eigenvalue weighted by molar-refractivity contribution is 7.18. The fourth-order valence-corrected chi connectivity index (χ4v) is 5.09. The van der Waals surface area contributed by atoms with Gasteiger partial charge in [0.05, 0.1) is 27.9 Å². The summed E-state index contributed by atoms with van der Waals surface area (Å²) in [6, 6.07) is 7.71. The van der Waals surface area contributed by atoms with E-state index in [-0.39, 0.29) is 11.9 Å². The van der Waals surface area contributed by atoms with E-state index in [0.717, 1.165) is 45.9 Å². The van der Waals surface area contributed by atoms with Gasteiger partial charge in [-0.15, -0.1) is 11.3 Å². The van der Waals surface area contributed by atoms with Crippen LogP contribution >= 0.6 is 11.3 Å². The maximum absolute atomic E-state index is 13.5. The summed E-state index contributed by atoms with van der Waals surface area (Å²) in [5, 5.41) is 0.868. The van der Waals surface area contributed by atoms with Gasteiger partial charge in [-0.1, -0.05) is 12.1 Å². The molecule has 0 radical (unpaired) electrons. The number of fused-ring (bicyclic) bond motifs is 2. The number of nitrogens with zero attached hydrogens (tertiary/aromatic N) is 4. The number of thiazole rings is 1. The van der Waals surface area contributed by atoms with E-state index in [9.17, 15) is 4.79 Å². The molecule has 4 aromatic rings. The Morgan fingerprint density at radius 3 is 2.97 bits per heavy atom. The van der Waals surface area contributed by atoms with Crippen molar-refractivity contribution in [3.63, 3.8) is 0 Å². The van der Waals surface area contributed by atoms with E-state index < -0.39 is 0 Å². The SMILES string of the molecule is Cc1nc(C2CC2)oc1C(=O)N1CCc2[nH]cnc2[C@H]1c1nc2ccccc2s1. The number of benzene rings is 1. The lowest BCUT2D eigenvalue weighted by molar-refractivity contribution is 0.0655. The van der Waals surface area contributed by atoms with Crippen molar-refractivity contribution < 1.29 is 9.21 Å². The van der Waals surface area contributed by atoms with Crippen LogP contribution in [0.2, 0.25) is 0 Å². The predicted molar refractivity (Wildman–Crippen MR) is 108 cm³/mol. The largest absolute Gasteiger partial charge is 0.435 e. The van der Waals surface area contributed by atoms with Crippen LogP contribution in [0.1, 0.15) is 63.3 Å². The van der Waals surface area contributed by atoms with Gasteiger partial charge in [-0.05, 0) is 31.9 Å². The molecule has 2 aliphatic rings. The molecule has 3 aromatic heterocycles. The molecule has 0 saturated heterocycles. The Labute approximate surface area is 170 Å². The minimum absolute atomic E-state index is 0.139. The minimum Gasteiger partial charge on any atom is -0.435 e. The Morgan fingerprint density at radius 2 is 2.14 bits per heavy atom. The number of H-pyrrole nitrogens is 1. The van der Waals surface area contributed by atoms with Crippen molar-refractivity contribution in [2.24, 2.45) is 0 Å². The Morgan fingerprint density at radius 1 is 1.28 bits per heavy atom. The van der Waals surface area contributed by atoms with Crippen molar-refractivity contribution in [2.75, 3.05) is 6.54 Å². The average molecular weight is 405 g/mol. The molecule has 29 heavy (non-hydrogen) atoms. The molecule has 1 N–H and O–H groups in total. The first kappa shape index (κ1) is 16.9. The topological polar surface area (TPSA) is 87.9 Å². The zero-order valence-corrected chi connectivity index (χ0v) is 16.7. The molecular weight excluding hydrogens is 386 g/mol. The number of aryl methyl sites for hydroxylation is 1. The molecule has 0 unspecified atom stereocenters.